The number of aliphatic hydroxyl groups is 1. The zero-order valence-electron chi connectivity index (χ0n) is 13.0. The van der Waals surface area contributed by atoms with Gasteiger partial charge >= 0.3 is 0 Å². The Morgan fingerprint density at radius 1 is 0.958 bits per heavy atom. The summed E-state index contributed by atoms with van der Waals surface area (Å²) in [5, 5.41) is 13.2. The van der Waals surface area contributed by atoms with Crippen molar-refractivity contribution in [2.45, 2.75) is 12.6 Å². The van der Waals surface area contributed by atoms with Crippen molar-refractivity contribution in [1.82, 2.24) is 5.32 Å². The Morgan fingerprint density at radius 3 is 2.42 bits per heavy atom. The number of halogens is 2. The lowest BCUT2D eigenvalue weighted by Crippen LogP contribution is -3.00. The summed E-state index contributed by atoms with van der Waals surface area (Å²) in [6, 6.07) is 19.5. The Kier molecular flexibility index (Phi) is 6.55. The van der Waals surface area contributed by atoms with Gasteiger partial charge in [0.2, 0.25) is 0 Å². The number of aliphatic hydroxyl groups excluding tert-OH is 1. The van der Waals surface area contributed by atoms with Crippen LogP contribution in [0.25, 0.3) is 11.3 Å². The van der Waals surface area contributed by atoms with E-state index in [0.717, 1.165) is 5.56 Å². The summed E-state index contributed by atoms with van der Waals surface area (Å²) < 4.78 is 19.4. The van der Waals surface area contributed by atoms with Gasteiger partial charge in [-0.05, 0) is 29.8 Å². The predicted molar refractivity (Wildman–Crippen MR) is 87.2 cm³/mol. The van der Waals surface area contributed by atoms with Gasteiger partial charge in [-0.1, -0.05) is 42.5 Å². The van der Waals surface area contributed by atoms with Crippen LogP contribution in [0.2, 0.25) is 0 Å². The number of hydrogen-bond donors (Lipinski definition) is 2. The molecule has 0 aliphatic rings. The minimum Gasteiger partial charge on any atom is -1.00 e. The Labute approximate surface area is 146 Å². The Morgan fingerprint density at radius 2 is 1.67 bits per heavy atom. The average molecular weight is 347 g/mol. The molecular formula is C19H18ClFNO2-. The second-order valence-electron chi connectivity index (χ2n) is 5.30. The molecule has 0 saturated heterocycles. The number of rotatable bonds is 6. The van der Waals surface area contributed by atoms with Crippen molar-refractivity contribution >= 4 is 0 Å². The first-order valence-corrected chi connectivity index (χ1v) is 7.51. The van der Waals surface area contributed by atoms with Crippen LogP contribution in [-0.4, -0.2) is 11.7 Å². The second-order valence-corrected chi connectivity index (χ2v) is 5.30. The van der Waals surface area contributed by atoms with Crippen LogP contribution in [0.4, 0.5) is 4.39 Å². The molecule has 1 aromatic heterocycles. The Balaban J connectivity index is 0.00000208. The number of hydrogen-bond acceptors (Lipinski definition) is 3. The minimum atomic E-state index is -0.572. The van der Waals surface area contributed by atoms with E-state index in [9.17, 15) is 9.50 Å². The van der Waals surface area contributed by atoms with Gasteiger partial charge < -0.3 is 27.2 Å². The largest absolute Gasteiger partial charge is 1.00 e. The Bertz CT molecular complexity index is 761. The molecule has 3 rings (SSSR count). The van der Waals surface area contributed by atoms with Crippen molar-refractivity contribution in [3.05, 3.63) is 83.9 Å². The van der Waals surface area contributed by atoms with E-state index < -0.39 is 6.10 Å². The monoisotopic (exact) mass is 346 g/mol. The smallest absolute Gasteiger partial charge is 0.137 e. The van der Waals surface area contributed by atoms with Crippen LogP contribution >= 0.6 is 0 Å². The third-order valence-corrected chi connectivity index (χ3v) is 3.62. The summed E-state index contributed by atoms with van der Waals surface area (Å²) in [5.41, 5.74) is 1.31. The predicted octanol–water partition coefficient (Wildman–Crippen LogP) is 0.913. The molecule has 3 nitrogen and oxygen atoms in total. The second kappa shape index (κ2) is 8.64. The maximum atomic E-state index is 13.7. The van der Waals surface area contributed by atoms with Crippen LogP contribution in [0.5, 0.6) is 0 Å². The highest BCUT2D eigenvalue weighted by molar-refractivity contribution is 5.58. The van der Waals surface area contributed by atoms with E-state index >= 15 is 0 Å². The zero-order chi connectivity index (χ0) is 16.1. The number of benzene rings is 2. The van der Waals surface area contributed by atoms with Crippen LogP contribution in [0.1, 0.15) is 17.4 Å². The molecule has 1 unspecified atom stereocenters. The lowest BCUT2D eigenvalue weighted by atomic mass is 10.1. The summed E-state index contributed by atoms with van der Waals surface area (Å²) >= 11 is 0. The van der Waals surface area contributed by atoms with E-state index in [4.69, 9.17) is 4.42 Å². The quantitative estimate of drug-likeness (QED) is 0.697. The van der Waals surface area contributed by atoms with Gasteiger partial charge in [0.1, 0.15) is 17.3 Å². The topological polar surface area (TPSA) is 45.4 Å². The standard InChI is InChI=1S/C19H18FNO2.ClH/c20-17-9-5-4-8-16(17)19-11-10-15(23-19)12-21-13-18(22)14-6-2-1-3-7-14;/h1-11,18,21-22H,12-13H2;1H/p-1. The molecule has 24 heavy (non-hydrogen) atoms. The molecule has 0 spiro atoms. The maximum Gasteiger partial charge on any atom is 0.137 e. The third-order valence-electron chi connectivity index (χ3n) is 3.62. The van der Waals surface area contributed by atoms with E-state index in [0.29, 0.717) is 30.2 Å². The van der Waals surface area contributed by atoms with Crippen LogP contribution < -0.4 is 17.7 Å². The van der Waals surface area contributed by atoms with E-state index in [-0.39, 0.29) is 18.2 Å². The summed E-state index contributed by atoms with van der Waals surface area (Å²) in [7, 11) is 0. The average Bonchev–Trinajstić information content (AvgIpc) is 3.04. The Hall–Kier alpha value is -2.14. The fourth-order valence-corrected chi connectivity index (χ4v) is 2.40. The summed E-state index contributed by atoms with van der Waals surface area (Å²) in [5.74, 6) is 0.896. The molecule has 0 bridgehead atoms. The molecule has 0 amide bonds. The lowest BCUT2D eigenvalue weighted by molar-refractivity contribution is -0.00000753. The fraction of sp³-hybridized carbons (Fsp3) is 0.158. The van der Waals surface area contributed by atoms with Crippen LogP contribution in [0.15, 0.2) is 71.1 Å². The van der Waals surface area contributed by atoms with Gasteiger partial charge in [0.05, 0.1) is 18.2 Å². The summed E-state index contributed by atoms with van der Waals surface area (Å²) in [6.07, 6.45) is -0.572. The molecule has 126 valence electrons. The minimum absolute atomic E-state index is 0. The molecule has 3 aromatic rings. The number of furan rings is 1. The van der Waals surface area contributed by atoms with Crippen molar-refractivity contribution in [3.63, 3.8) is 0 Å². The van der Waals surface area contributed by atoms with Gasteiger partial charge in [-0.2, -0.15) is 0 Å². The maximum absolute atomic E-state index is 13.7. The molecule has 0 aliphatic heterocycles. The van der Waals surface area contributed by atoms with E-state index in [1.165, 1.54) is 6.07 Å². The van der Waals surface area contributed by atoms with E-state index in [1.54, 1.807) is 24.3 Å². The van der Waals surface area contributed by atoms with Crippen molar-refractivity contribution in [3.8, 4) is 11.3 Å². The molecule has 0 aliphatic carbocycles. The molecular weight excluding hydrogens is 329 g/mol. The van der Waals surface area contributed by atoms with Gasteiger partial charge in [-0.3, -0.25) is 0 Å². The fourth-order valence-electron chi connectivity index (χ4n) is 2.40. The number of nitrogens with one attached hydrogen (secondary N) is 1. The highest BCUT2D eigenvalue weighted by atomic mass is 35.5. The summed E-state index contributed by atoms with van der Waals surface area (Å²) in [6.45, 7) is 0.887. The summed E-state index contributed by atoms with van der Waals surface area (Å²) in [4.78, 5) is 0. The molecule has 2 aromatic carbocycles. The normalized spacial score (nSPS) is 11.8. The molecule has 0 saturated carbocycles. The molecule has 2 N–H and O–H groups in total. The van der Waals surface area contributed by atoms with Gasteiger partial charge in [-0.25, -0.2) is 4.39 Å². The molecule has 5 heteroatoms. The van der Waals surface area contributed by atoms with Crippen molar-refractivity contribution in [2.75, 3.05) is 6.54 Å². The zero-order valence-corrected chi connectivity index (χ0v) is 13.7. The third kappa shape index (κ3) is 4.45. The first kappa shape index (κ1) is 18.2. The van der Waals surface area contributed by atoms with E-state index in [1.807, 2.05) is 36.4 Å². The van der Waals surface area contributed by atoms with Gasteiger partial charge in [0.15, 0.2) is 0 Å². The van der Waals surface area contributed by atoms with Gasteiger partial charge in [0.25, 0.3) is 0 Å². The van der Waals surface area contributed by atoms with E-state index in [2.05, 4.69) is 5.32 Å². The molecule has 1 atom stereocenters. The lowest BCUT2D eigenvalue weighted by Gasteiger charge is -2.11. The van der Waals surface area contributed by atoms with Gasteiger partial charge in [0, 0.05) is 6.54 Å². The van der Waals surface area contributed by atoms with Crippen molar-refractivity contribution < 1.29 is 26.3 Å². The van der Waals surface area contributed by atoms with Crippen molar-refractivity contribution in [2.24, 2.45) is 0 Å². The SMILES string of the molecule is OC(CNCc1ccc(-c2ccccc2F)o1)c1ccccc1.[Cl-]. The first-order valence-electron chi connectivity index (χ1n) is 7.51. The molecule has 1 heterocycles. The van der Waals surface area contributed by atoms with Crippen molar-refractivity contribution in [1.29, 1.82) is 0 Å². The first-order chi connectivity index (χ1) is 11.2. The van der Waals surface area contributed by atoms with Crippen LogP contribution in [-0.2, 0) is 6.54 Å². The van der Waals surface area contributed by atoms with Gasteiger partial charge in [-0.15, -0.1) is 0 Å². The highest BCUT2D eigenvalue weighted by Crippen LogP contribution is 2.24. The van der Waals surface area contributed by atoms with Crippen LogP contribution in [0, 0.1) is 5.82 Å². The highest BCUT2D eigenvalue weighted by Gasteiger charge is 2.10. The van der Waals surface area contributed by atoms with Crippen LogP contribution in [0.3, 0.4) is 0 Å². The molecule has 0 radical (unpaired) electrons. The molecule has 0 fully saturated rings.